The molecule has 0 spiro atoms. The zero-order valence-electron chi connectivity index (χ0n) is 12.2. The molecule has 1 aliphatic carbocycles. The number of amides is 1. The zero-order chi connectivity index (χ0) is 14.0. The molecule has 0 saturated heterocycles. The Morgan fingerprint density at radius 3 is 2.28 bits per heavy atom. The minimum Gasteiger partial charge on any atom is -0.444 e. The molecule has 4 N–H and O–H groups in total. The first-order chi connectivity index (χ1) is 8.07. The van der Waals surface area contributed by atoms with Crippen molar-refractivity contribution >= 4 is 6.09 Å². The summed E-state index contributed by atoms with van der Waals surface area (Å²) >= 11 is 0. The Morgan fingerprint density at radius 2 is 1.83 bits per heavy atom. The van der Waals surface area contributed by atoms with Crippen LogP contribution in [0.3, 0.4) is 0 Å². The van der Waals surface area contributed by atoms with Crippen molar-refractivity contribution in [1.82, 2.24) is 10.6 Å². The average molecular weight is 257 g/mol. The van der Waals surface area contributed by atoms with Crippen LogP contribution < -0.4 is 16.4 Å². The number of alkyl carbamates (subject to hydrolysis) is 1. The maximum atomic E-state index is 11.7. The normalized spacial score (nSPS) is 24.3. The summed E-state index contributed by atoms with van der Waals surface area (Å²) in [5, 5.41) is 6.28. The third kappa shape index (κ3) is 5.69. The first-order valence-corrected chi connectivity index (χ1v) is 6.57. The molecule has 1 aliphatic rings. The molecule has 1 saturated carbocycles. The summed E-state index contributed by atoms with van der Waals surface area (Å²) in [5.74, 6) is 0. The first-order valence-electron chi connectivity index (χ1n) is 6.57. The van der Waals surface area contributed by atoms with E-state index in [4.69, 9.17) is 10.5 Å². The van der Waals surface area contributed by atoms with Crippen LogP contribution in [-0.4, -0.2) is 35.9 Å². The second kappa shape index (κ2) is 5.45. The van der Waals surface area contributed by atoms with E-state index in [0.717, 1.165) is 12.8 Å². The van der Waals surface area contributed by atoms with Gasteiger partial charge in [0.15, 0.2) is 0 Å². The average Bonchev–Trinajstić information content (AvgIpc) is 2.05. The van der Waals surface area contributed by atoms with E-state index in [1.165, 1.54) is 0 Å². The monoisotopic (exact) mass is 257 g/mol. The van der Waals surface area contributed by atoms with E-state index in [0.29, 0.717) is 18.6 Å². The van der Waals surface area contributed by atoms with E-state index in [-0.39, 0.29) is 11.6 Å². The molecular weight excluding hydrogens is 230 g/mol. The van der Waals surface area contributed by atoms with Crippen LogP contribution in [0.15, 0.2) is 0 Å². The van der Waals surface area contributed by atoms with Gasteiger partial charge in [0.1, 0.15) is 5.60 Å². The highest BCUT2D eigenvalue weighted by Gasteiger charge is 2.29. The molecule has 106 valence electrons. The van der Waals surface area contributed by atoms with Gasteiger partial charge < -0.3 is 21.1 Å². The fourth-order valence-corrected chi connectivity index (χ4v) is 1.85. The van der Waals surface area contributed by atoms with Crippen LogP contribution >= 0.6 is 0 Å². The largest absolute Gasteiger partial charge is 0.444 e. The van der Waals surface area contributed by atoms with E-state index in [2.05, 4.69) is 10.6 Å². The van der Waals surface area contributed by atoms with Crippen molar-refractivity contribution in [3.05, 3.63) is 0 Å². The van der Waals surface area contributed by atoms with Gasteiger partial charge in [-0.1, -0.05) is 0 Å². The predicted molar refractivity (Wildman–Crippen MR) is 72.4 cm³/mol. The SMILES string of the molecule is CC(C)(CNC1CC(N)C1)NC(=O)OC(C)(C)C. The number of carbonyl (C=O) groups is 1. The zero-order valence-corrected chi connectivity index (χ0v) is 12.2. The van der Waals surface area contributed by atoms with Crippen molar-refractivity contribution in [2.24, 2.45) is 5.73 Å². The Kier molecular flexibility index (Phi) is 4.61. The van der Waals surface area contributed by atoms with Gasteiger partial charge in [-0.3, -0.25) is 0 Å². The fraction of sp³-hybridized carbons (Fsp3) is 0.923. The second-order valence-electron chi connectivity index (χ2n) is 6.82. The van der Waals surface area contributed by atoms with E-state index in [1.54, 1.807) is 0 Å². The highest BCUT2D eigenvalue weighted by molar-refractivity contribution is 5.68. The van der Waals surface area contributed by atoms with Crippen molar-refractivity contribution in [2.75, 3.05) is 6.54 Å². The van der Waals surface area contributed by atoms with Crippen LogP contribution in [0.4, 0.5) is 4.79 Å². The fourth-order valence-electron chi connectivity index (χ4n) is 1.85. The molecule has 5 heteroatoms. The van der Waals surface area contributed by atoms with E-state index in [9.17, 15) is 4.79 Å². The summed E-state index contributed by atoms with van der Waals surface area (Å²) in [4.78, 5) is 11.7. The van der Waals surface area contributed by atoms with Gasteiger partial charge in [0.25, 0.3) is 0 Å². The highest BCUT2D eigenvalue weighted by Crippen LogP contribution is 2.18. The van der Waals surface area contributed by atoms with Gasteiger partial charge in [-0.15, -0.1) is 0 Å². The van der Waals surface area contributed by atoms with Crippen LogP contribution in [0.2, 0.25) is 0 Å². The van der Waals surface area contributed by atoms with E-state index in [1.807, 2.05) is 34.6 Å². The molecule has 0 unspecified atom stereocenters. The van der Waals surface area contributed by atoms with Gasteiger partial charge in [0.05, 0.1) is 5.54 Å². The molecule has 1 fully saturated rings. The summed E-state index contributed by atoms with van der Waals surface area (Å²) in [6.07, 6.45) is 1.66. The standard InChI is InChI=1S/C13H27N3O2/c1-12(2,3)18-11(17)16-13(4,5)8-15-10-6-9(14)7-10/h9-10,15H,6-8,14H2,1-5H3,(H,16,17). The molecule has 0 radical (unpaired) electrons. The minimum atomic E-state index is -0.464. The van der Waals surface area contributed by atoms with Crippen LogP contribution in [0.25, 0.3) is 0 Å². The number of hydrogen-bond acceptors (Lipinski definition) is 4. The van der Waals surface area contributed by atoms with E-state index >= 15 is 0 Å². The molecule has 0 bridgehead atoms. The van der Waals surface area contributed by atoms with Crippen LogP contribution in [0, 0.1) is 0 Å². The molecule has 0 aromatic heterocycles. The molecule has 0 aliphatic heterocycles. The number of carbonyl (C=O) groups excluding carboxylic acids is 1. The lowest BCUT2D eigenvalue weighted by atomic mass is 9.87. The number of rotatable bonds is 4. The molecular formula is C13H27N3O2. The molecule has 0 aromatic rings. The van der Waals surface area contributed by atoms with Crippen LogP contribution in [-0.2, 0) is 4.74 Å². The third-order valence-electron chi connectivity index (χ3n) is 2.85. The van der Waals surface area contributed by atoms with Crippen molar-refractivity contribution in [2.45, 2.75) is 70.7 Å². The van der Waals surface area contributed by atoms with E-state index < -0.39 is 5.60 Å². The van der Waals surface area contributed by atoms with Gasteiger partial charge in [0, 0.05) is 18.6 Å². The molecule has 5 nitrogen and oxygen atoms in total. The lowest BCUT2D eigenvalue weighted by Gasteiger charge is -2.36. The Bertz CT molecular complexity index is 291. The van der Waals surface area contributed by atoms with Crippen molar-refractivity contribution in [3.63, 3.8) is 0 Å². The van der Waals surface area contributed by atoms with Gasteiger partial charge in [0.2, 0.25) is 0 Å². The summed E-state index contributed by atoms with van der Waals surface area (Å²) in [5.41, 5.74) is 4.93. The molecule has 1 rings (SSSR count). The Morgan fingerprint density at radius 1 is 1.28 bits per heavy atom. The third-order valence-corrected chi connectivity index (χ3v) is 2.85. The Balaban J connectivity index is 2.28. The molecule has 18 heavy (non-hydrogen) atoms. The Hall–Kier alpha value is -0.810. The smallest absolute Gasteiger partial charge is 0.408 e. The van der Waals surface area contributed by atoms with Crippen molar-refractivity contribution < 1.29 is 9.53 Å². The van der Waals surface area contributed by atoms with Crippen molar-refractivity contribution in [1.29, 1.82) is 0 Å². The minimum absolute atomic E-state index is 0.331. The van der Waals surface area contributed by atoms with Crippen LogP contribution in [0.5, 0.6) is 0 Å². The summed E-state index contributed by atoms with van der Waals surface area (Å²) in [6, 6.07) is 0.823. The highest BCUT2D eigenvalue weighted by atomic mass is 16.6. The van der Waals surface area contributed by atoms with Crippen LogP contribution in [0.1, 0.15) is 47.5 Å². The number of hydrogen-bond donors (Lipinski definition) is 3. The maximum Gasteiger partial charge on any atom is 0.408 e. The molecule has 0 atom stereocenters. The summed E-state index contributed by atoms with van der Waals surface area (Å²) in [6.45, 7) is 10.2. The molecule has 1 amide bonds. The van der Waals surface area contributed by atoms with Gasteiger partial charge in [-0.2, -0.15) is 0 Å². The lowest BCUT2D eigenvalue weighted by molar-refractivity contribution is 0.0468. The quantitative estimate of drug-likeness (QED) is 0.711. The van der Waals surface area contributed by atoms with Gasteiger partial charge in [-0.25, -0.2) is 4.79 Å². The second-order valence-corrected chi connectivity index (χ2v) is 6.82. The Labute approximate surface area is 110 Å². The number of nitrogens with two attached hydrogens (primary N) is 1. The number of ether oxygens (including phenoxy) is 1. The van der Waals surface area contributed by atoms with Crippen molar-refractivity contribution in [3.8, 4) is 0 Å². The molecule has 0 heterocycles. The van der Waals surface area contributed by atoms with Gasteiger partial charge in [-0.05, 0) is 47.5 Å². The topological polar surface area (TPSA) is 76.4 Å². The van der Waals surface area contributed by atoms with Gasteiger partial charge >= 0.3 is 6.09 Å². The number of nitrogens with one attached hydrogen (secondary N) is 2. The maximum absolute atomic E-state index is 11.7. The summed E-state index contributed by atoms with van der Waals surface area (Å²) in [7, 11) is 0. The summed E-state index contributed by atoms with van der Waals surface area (Å²) < 4.78 is 5.24. The first kappa shape index (κ1) is 15.2. The molecule has 0 aromatic carbocycles. The lowest BCUT2D eigenvalue weighted by Crippen LogP contribution is -2.56. The predicted octanol–water partition coefficient (Wildman–Crippen LogP) is 1.37.